The second-order valence-electron chi connectivity index (χ2n) is 13.6. The fraction of sp³-hybridized carbons (Fsp3) is 0.763. The van der Waals surface area contributed by atoms with E-state index in [9.17, 15) is 19.4 Å². The number of rotatable bonds is 32. The van der Waals surface area contributed by atoms with E-state index in [1.807, 2.05) is 27.2 Å². The summed E-state index contributed by atoms with van der Waals surface area (Å²) in [5.41, 5.74) is 0. The molecule has 0 saturated heterocycles. The van der Waals surface area contributed by atoms with Crippen molar-refractivity contribution in [3.63, 3.8) is 0 Å². The van der Waals surface area contributed by atoms with Crippen molar-refractivity contribution < 1.29 is 32.9 Å². The number of nitrogens with one attached hydrogen (secondary N) is 1. The molecule has 0 heterocycles. The molecule has 0 aromatic carbocycles. The molecule has 0 aliphatic carbocycles. The molecule has 0 rings (SSSR count). The summed E-state index contributed by atoms with van der Waals surface area (Å²) in [4.78, 5) is 22.9. The second kappa shape index (κ2) is 30.5. The van der Waals surface area contributed by atoms with Crippen LogP contribution >= 0.6 is 7.82 Å². The van der Waals surface area contributed by atoms with Crippen molar-refractivity contribution in [2.45, 2.75) is 148 Å². The minimum atomic E-state index is -4.34. The molecule has 0 aliphatic rings. The van der Waals surface area contributed by atoms with Gasteiger partial charge in [0, 0.05) is 6.42 Å². The second-order valence-corrected chi connectivity index (χ2v) is 15.0. The van der Waals surface area contributed by atoms with Crippen LogP contribution in [0.25, 0.3) is 0 Å². The van der Waals surface area contributed by atoms with Crippen LogP contribution in [0.3, 0.4) is 0 Å². The molecule has 0 bridgehead atoms. The highest BCUT2D eigenvalue weighted by molar-refractivity contribution is 7.47. The van der Waals surface area contributed by atoms with Crippen LogP contribution in [0.15, 0.2) is 48.6 Å². The van der Waals surface area contributed by atoms with Gasteiger partial charge in [-0.05, 0) is 64.2 Å². The molecule has 0 aromatic rings. The molecule has 0 aromatic heterocycles. The molecule has 1 amide bonds. The van der Waals surface area contributed by atoms with Crippen LogP contribution in [0.5, 0.6) is 0 Å². The molecule has 47 heavy (non-hydrogen) atoms. The molecular formula is C38H72N2O6P+. The molecule has 0 saturated carbocycles. The fourth-order valence-electron chi connectivity index (χ4n) is 4.73. The third-order valence-electron chi connectivity index (χ3n) is 7.77. The minimum absolute atomic E-state index is 0.0513. The largest absolute Gasteiger partial charge is 0.472 e. The van der Waals surface area contributed by atoms with E-state index in [2.05, 4.69) is 55.6 Å². The Morgan fingerprint density at radius 1 is 0.723 bits per heavy atom. The third-order valence-corrected chi connectivity index (χ3v) is 8.76. The van der Waals surface area contributed by atoms with Gasteiger partial charge >= 0.3 is 7.82 Å². The number of aliphatic hydroxyl groups excluding tert-OH is 1. The Morgan fingerprint density at radius 2 is 1.23 bits per heavy atom. The lowest BCUT2D eigenvalue weighted by Crippen LogP contribution is -2.45. The SMILES string of the molecule is CCCCC/C=C\C/C=C\CCCCCCCC(=O)NC(COP(=O)(O)OCC[N+](C)(C)C)C(O)/C=C/CC/C=C/CCCCCC. The third kappa shape index (κ3) is 32.8. The summed E-state index contributed by atoms with van der Waals surface area (Å²) >= 11 is 0. The molecule has 274 valence electrons. The average Bonchev–Trinajstić information content (AvgIpc) is 3.01. The lowest BCUT2D eigenvalue weighted by atomic mass is 10.1. The number of unbranched alkanes of at least 4 members (excludes halogenated alkanes) is 13. The highest BCUT2D eigenvalue weighted by Gasteiger charge is 2.27. The Hall–Kier alpha value is -1.54. The van der Waals surface area contributed by atoms with Gasteiger partial charge in [0.2, 0.25) is 5.91 Å². The molecule has 0 radical (unpaired) electrons. The van der Waals surface area contributed by atoms with E-state index in [-0.39, 0.29) is 19.1 Å². The van der Waals surface area contributed by atoms with Gasteiger partial charge in [0.25, 0.3) is 0 Å². The number of phosphoric acid groups is 1. The van der Waals surface area contributed by atoms with Gasteiger partial charge in [-0.2, -0.15) is 0 Å². The van der Waals surface area contributed by atoms with Crippen molar-refractivity contribution in [3.05, 3.63) is 48.6 Å². The number of aliphatic hydroxyl groups is 1. The van der Waals surface area contributed by atoms with Gasteiger partial charge in [-0.15, -0.1) is 0 Å². The van der Waals surface area contributed by atoms with Gasteiger partial charge in [-0.3, -0.25) is 13.8 Å². The van der Waals surface area contributed by atoms with Crippen LogP contribution in [0.4, 0.5) is 0 Å². The van der Waals surface area contributed by atoms with Crippen molar-refractivity contribution in [1.29, 1.82) is 0 Å². The highest BCUT2D eigenvalue weighted by atomic mass is 31.2. The quantitative estimate of drug-likeness (QED) is 0.0283. The van der Waals surface area contributed by atoms with Crippen molar-refractivity contribution in [2.75, 3.05) is 40.9 Å². The lowest BCUT2D eigenvalue weighted by Gasteiger charge is -2.25. The topological polar surface area (TPSA) is 105 Å². The van der Waals surface area contributed by atoms with E-state index < -0.39 is 20.0 Å². The number of carbonyl (C=O) groups is 1. The van der Waals surface area contributed by atoms with Crippen molar-refractivity contribution in [3.8, 4) is 0 Å². The summed E-state index contributed by atoms with van der Waals surface area (Å²) in [5.74, 6) is -0.207. The van der Waals surface area contributed by atoms with Gasteiger partial charge in [-0.1, -0.05) is 114 Å². The van der Waals surface area contributed by atoms with Crippen LogP contribution in [0, 0.1) is 0 Å². The monoisotopic (exact) mass is 684 g/mol. The van der Waals surface area contributed by atoms with Crippen LogP contribution < -0.4 is 5.32 Å². The maximum atomic E-state index is 12.8. The normalized spacial score (nSPS) is 15.3. The Kier molecular flexibility index (Phi) is 29.5. The first-order chi connectivity index (χ1) is 22.5. The molecular weight excluding hydrogens is 611 g/mol. The predicted octanol–water partition coefficient (Wildman–Crippen LogP) is 9.35. The molecule has 0 aliphatic heterocycles. The maximum Gasteiger partial charge on any atom is 0.472 e. The standard InChI is InChI=1S/C38H71N2O6P/c1-6-8-10-12-14-16-18-19-20-21-22-24-26-28-30-32-38(42)39-36(35-46-47(43,44)45-34-33-40(3,4)5)37(41)31-29-27-25-23-17-15-13-11-9-7-2/h14,16-17,19-20,23,29,31,36-37,41H,6-13,15,18,21-22,24-28,30,32-35H2,1-5H3,(H-,39,42,43,44)/p+1/b16-14-,20-19-,23-17+,31-29+. The number of likely N-dealkylation sites (N-methyl/N-ethyl adjacent to an activating group) is 1. The molecule has 3 unspecified atom stereocenters. The Labute approximate surface area is 289 Å². The van der Waals surface area contributed by atoms with E-state index >= 15 is 0 Å². The van der Waals surface area contributed by atoms with Gasteiger partial charge in [0.15, 0.2) is 0 Å². The molecule has 9 heteroatoms. The van der Waals surface area contributed by atoms with E-state index in [0.29, 0.717) is 17.4 Å². The average molecular weight is 684 g/mol. The molecule has 0 fully saturated rings. The smallest absolute Gasteiger partial charge is 0.387 e. The number of carbonyl (C=O) groups excluding carboxylic acids is 1. The van der Waals surface area contributed by atoms with Gasteiger partial charge in [0.05, 0.1) is 39.9 Å². The zero-order valence-corrected chi connectivity index (χ0v) is 31.6. The summed E-state index contributed by atoms with van der Waals surface area (Å²) in [6.07, 6.45) is 36.1. The zero-order valence-electron chi connectivity index (χ0n) is 30.8. The number of amides is 1. The summed E-state index contributed by atoms with van der Waals surface area (Å²) in [7, 11) is 1.53. The summed E-state index contributed by atoms with van der Waals surface area (Å²) < 4.78 is 23.4. The lowest BCUT2D eigenvalue weighted by molar-refractivity contribution is -0.870. The molecule has 3 N–H and O–H groups in total. The number of hydrogen-bond donors (Lipinski definition) is 3. The van der Waals surface area contributed by atoms with Gasteiger partial charge in [-0.25, -0.2) is 4.57 Å². The van der Waals surface area contributed by atoms with Crippen molar-refractivity contribution in [2.24, 2.45) is 0 Å². The zero-order chi connectivity index (χ0) is 35.1. The fourth-order valence-corrected chi connectivity index (χ4v) is 5.47. The Bertz CT molecular complexity index is 912. The van der Waals surface area contributed by atoms with Crippen molar-refractivity contribution >= 4 is 13.7 Å². The van der Waals surface area contributed by atoms with Gasteiger partial charge in [0.1, 0.15) is 13.2 Å². The van der Waals surface area contributed by atoms with Crippen LogP contribution in [-0.2, 0) is 18.4 Å². The van der Waals surface area contributed by atoms with Crippen LogP contribution in [0.2, 0.25) is 0 Å². The maximum absolute atomic E-state index is 12.8. The predicted molar refractivity (Wildman–Crippen MR) is 198 cm³/mol. The minimum Gasteiger partial charge on any atom is -0.387 e. The van der Waals surface area contributed by atoms with E-state index in [1.165, 1.54) is 51.4 Å². The molecule has 0 spiro atoms. The van der Waals surface area contributed by atoms with E-state index in [4.69, 9.17) is 9.05 Å². The highest BCUT2D eigenvalue weighted by Crippen LogP contribution is 2.43. The summed E-state index contributed by atoms with van der Waals surface area (Å²) in [6.45, 7) is 4.68. The first-order valence-corrected chi connectivity index (χ1v) is 20.0. The number of phosphoric ester groups is 1. The van der Waals surface area contributed by atoms with E-state index in [1.54, 1.807) is 6.08 Å². The Morgan fingerprint density at radius 3 is 1.87 bits per heavy atom. The molecule has 8 nitrogen and oxygen atoms in total. The summed E-state index contributed by atoms with van der Waals surface area (Å²) in [6, 6.07) is -0.867. The number of hydrogen-bond acceptors (Lipinski definition) is 5. The van der Waals surface area contributed by atoms with Crippen LogP contribution in [-0.4, -0.2) is 73.4 Å². The summed E-state index contributed by atoms with van der Waals surface area (Å²) in [5, 5.41) is 13.7. The van der Waals surface area contributed by atoms with Crippen LogP contribution in [0.1, 0.15) is 136 Å². The van der Waals surface area contributed by atoms with Gasteiger partial charge < -0.3 is 19.8 Å². The Balaban J connectivity index is 4.60. The number of nitrogens with zero attached hydrogens (tertiary/aromatic N) is 1. The number of allylic oxidation sites excluding steroid dienone is 7. The first kappa shape index (κ1) is 45.5. The van der Waals surface area contributed by atoms with E-state index in [0.717, 1.165) is 64.2 Å². The molecule has 3 atom stereocenters. The van der Waals surface area contributed by atoms with Crippen molar-refractivity contribution in [1.82, 2.24) is 5.32 Å². The first-order valence-electron chi connectivity index (χ1n) is 18.5. The number of quaternary nitrogens is 1.